The van der Waals surface area contributed by atoms with Crippen LogP contribution in [-0.2, 0) is 4.79 Å². The molecular formula is C15H16N2O3S. The monoisotopic (exact) mass is 304 g/mol. The highest BCUT2D eigenvalue weighted by Gasteiger charge is 2.17. The molecule has 1 aromatic heterocycles. The van der Waals surface area contributed by atoms with E-state index in [4.69, 9.17) is 5.11 Å². The molecule has 0 fully saturated rings. The van der Waals surface area contributed by atoms with Gasteiger partial charge in [0, 0.05) is 18.5 Å². The maximum absolute atomic E-state index is 12.2. The summed E-state index contributed by atoms with van der Waals surface area (Å²) in [5.41, 5.74) is 1.58. The molecule has 1 heterocycles. The Morgan fingerprint density at radius 3 is 2.67 bits per heavy atom. The Bertz CT molecular complexity index is 638. The zero-order valence-corrected chi connectivity index (χ0v) is 12.4. The molecule has 0 spiro atoms. The summed E-state index contributed by atoms with van der Waals surface area (Å²) >= 11 is 1.34. The maximum atomic E-state index is 12.2. The number of carbonyl (C=O) groups excluding carboxylic acids is 1. The first-order valence-corrected chi connectivity index (χ1v) is 7.42. The average Bonchev–Trinajstić information content (AvgIpc) is 2.86. The van der Waals surface area contributed by atoms with E-state index >= 15 is 0 Å². The second-order valence-corrected chi connectivity index (χ2v) is 5.73. The number of carboxylic acids is 1. The molecular weight excluding hydrogens is 288 g/mol. The fourth-order valence-corrected chi connectivity index (χ4v) is 2.75. The fraction of sp³-hybridized carbons (Fsp3) is 0.267. The van der Waals surface area contributed by atoms with E-state index in [1.54, 1.807) is 0 Å². The van der Waals surface area contributed by atoms with E-state index in [0.29, 0.717) is 23.5 Å². The smallest absolute Gasteiger partial charge is 0.303 e. The number of carbonyl (C=O) groups is 2. The lowest BCUT2D eigenvalue weighted by Gasteiger charge is -2.04. The van der Waals surface area contributed by atoms with Crippen molar-refractivity contribution in [3.05, 3.63) is 40.2 Å². The van der Waals surface area contributed by atoms with Gasteiger partial charge in [-0.15, -0.1) is 11.3 Å². The van der Waals surface area contributed by atoms with Crippen molar-refractivity contribution in [3.8, 4) is 11.3 Å². The van der Waals surface area contributed by atoms with E-state index in [0.717, 1.165) is 10.6 Å². The second kappa shape index (κ2) is 6.99. The molecule has 0 unspecified atom stereocenters. The maximum Gasteiger partial charge on any atom is 0.303 e. The number of hydrogen-bond acceptors (Lipinski definition) is 4. The predicted molar refractivity (Wildman–Crippen MR) is 81.5 cm³/mol. The second-order valence-electron chi connectivity index (χ2n) is 4.53. The Morgan fingerprint density at radius 1 is 1.29 bits per heavy atom. The van der Waals surface area contributed by atoms with Crippen LogP contribution in [0.4, 0.5) is 0 Å². The Balaban J connectivity index is 2.09. The van der Waals surface area contributed by atoms with Crippen molar-refractivity contribution >= 4 is 23.2 Å². The first-order chi connectivity index (χ1) is 10.1. The van der Waals surface area contributed by atoms with Gasteiger partial charge in [0.1, 0.15) is 4.88 Å². The van der Waals surface area contributed by atoms with Gasteiger partial charge >= 0.3 is 5.97 Å². The molecule has 6 heteroatoms. The number of aryl methyl sites for hydroxylation is 1. The highest BCUT2D eigenvalue weighted by molar-refractivity contribution is 7.14. The number of benzene rings is 1. The largest absolute Gasteiger partial charge is 0.481 e. The zero-order valence-electron chi connectivity index (χ0n) is 11.6. The van der Waals surface area contributed by atoms with Crippen LogP contribution in [0.3, 0.4) is 0 Å². The standard InChI is InChI=1S/C15H16N2O3S/c1-10-17-13(11-6-3-2-4-7-11)14(21-10)15(20)16-9-5-8-12(18)19/h2-4,6-7H,5,8-9H2,1H3,(H,16,20)(H,18,19). The first kappa shape index (κ1) is 15.2. The van der Waals surface area contributed by atoms with Crippen molar-refractivity contribution in [1.29, 1.82) is 0 Å². The van der Waals surface area contributed by atoms with E-state index in [1.165, 1.54) is 11.3 Å². The van der Waals surface area contributed by atoms with Gasteiger partial charge in [0.25, 0.3) is 5.91 Å². The first-order valence-electron chi connectivity index (χ1n) is 6.61. The quantitative estimate of drug-likeness (QED) is 0.804. The van der Waals surface area contributed by atoms with Gasteiger partial charge < -0.3 is 10.4 Å². The number of aromatic nitrogens is 1. The van der Waals surface area contributed by atoms with Gasteiger partial charge in [-0.1, -0.05) is 30.3 Å². The van der Waals surface area contributed by atoms with Crippen LogP contribution in [0.5, 0.6) is 0 Å². The molecule has 21 heavy (non-hydrogen) atoms. The molecule has 0 aliphatic rings. The van der Waals surface area contributed by atoms with Crippen molar-refractivity contribution in [2.75, 3.05) is 6.54 Å². The van der Waals surface area contributed by atoms with Crippen molar-refractivity contribution in [2.45, 2.75) is 19.8 Å². The van der Waals surface area contributed by atoms with Gasteiger partial charge in [-0.3, -0.25) is 9.59 Å². The summed E-state index contributed by atoms with van der Waals surface area (Å²) in [7, 11) is 0. The molecule has 2 aromatic rings. The SMILES string of the molecule is Cc1nc(-c2ccccc2)c(C(=O)NCCCC(=O)O)s1. The third-order valence-electron chi connectivity index (χ3n) is 2.84. The van der Waals surface area contributed by atoms with Crippen LogP contribution in [0.25, 0.3) is 11.3 Å². The van der Waals surface area contributed by atoms with Crippen LogP contribution in [0.2, 0.25) is 0 Å². The summed E-state index contributed by atoms with van der Waals surface area (Å²) in [5.74, 6) is -1.06. The third kappa shape index (κ3) is 4.13. The van der Waals surface area contributed by atoms with Crippen molar-refractivity contribution in [2.24, 2.45) is 0 Å². The molecule has 110 valence electrons. The summed E-state index contributed by atoms with van der Waals surface area (Å²) in [6, 6.07) is 9.54. The summed E-state index contributed by atoms with van der Waals surface area (Å²) < 4.78 is 0. The van der Waals surface area contributed by atoms with Gasteiger partial charge in [0.15, 0.2) is 0 Å². The molecule has 0 bridgehead atoms. The van der Waals surface area contributed by atoms with E-state index < -0.39 is 5.97 Å². The van der Waals surface area contributed by atoms with E-state index in [2.05, 4.69) is 10.3 Å². The lowest BCUT2D eigenvalue weighted by molar-refractivity contribution is -0.137. The molecule has 1 amide bonds. The third-order valence-corrected chi connectivity index (χ3v) is 3.81. The van der Waals surface area contributed by atoms with Gasteiger partial charge in [0.05, 0.1) is 10.7 Å². The number of amides is 1. The lowest BCUT2D eigenvalue weighted by Crippen LogP contribution is -2.24. The van der Waals surface area contributed by atoms with Crippen molar-refractivity contribution in [3.63, 3.8) is 0 Å². The summed E-state index contributed by atoms with van der Waals surface area (Å²) in [6.07, 6.45) is 0.465. The van der Waals surface area contributed by atoms with Crippen LogP contribution in [-0.4, -0.2) is 28.5 Å². The molecule has 0 aliphatic heterocycles. The van der Waals surface area contributed by atoms with Gasteiger partial charge in [-0.05, 0) is 13.3 Å². The van der Waals surface area contributed by atoms with Crippen LogP contribution >= 0.6 is 11.3 Å². The number of thiazole rings is 1. The number of aliphatic carboxylic acids is 1. The number of nitrogens with one attached hydrogen (secondary N) is 1. The van der Waals surface area contributed by atoms with Crippen molar-refractivity contribution in [1.82, 2.24) is 10.3 Å². The Kier molecular flexibility index (Phi) is 5.05. The Labute approximate surface area is 126 Å². The van der Waals surface area contributed by atoms with E-state index in [9.17, 15) is 9.59 Å². The number of rotatable bonds is 6. The summed E-state index contributed by atoms with van der Waals surface area (Å²) in [4.78, 5) is 27.6. The topological polar surface area (TPSA) is 79.3 Å². The van der Waals surface area contributed by atoms with E-state index in [-0.39, 0.29) is 12.3 Å². The van der Waals surface area contributed by atoms with Crippen LogP contribution in [0, 0.1) is 6.92 Å². The van der Waals surface area contributed by atoms with Crippen molar-refractivity contribution < 1.29 is 14.7 Å². The molecule has 2 N–H and O–H groups in total. The molecule has 0 aliphatic carbocycles. The van der Waals surface area contributed by atoms with Gasteiger partial charge in [-0.25, -0.2) is 4.98 Å². The average molecular weight is 304 g/mol. The van der Waals surface area contributed by atoms with E-state index in [1.807, 2.05) is 37.3 Å². The highest BCUT2D eigenvalue weighted by Crippen LogP contribution is 2.27. The van der Waals surface area contributed by atoms with Crippen LogP contribution in [0.15, 0.2) is 30.3 Å². The molecule has 1 aromatic carbocycles. The number of hydrogen-bond donors (Lipinski definition) is 2. The number of carboxylic acid groups (broad SMARTS) is 1. The fourth-order valence-electron chi connectivity index (χ4n) is 1.89. The molecule has 5 nitrogen and oxygen atoms in total. The normalized spacial score (nSPS) is 10.3. The molecule has 2 rings (SSSR count). The highest BCUT2D eigenvalue weighted by atomic mass is 32.1. The zero-order chi connectivity index (χ0) is 15.2. The molecule has 0 radical (unpaired) electrons. The lowest BCUT2D eigenvalue weighted by atomic mass is 10.1. The van der Waals surface area contributed by atoms with Crippen LogP contribution < -0.4 is 5.32 Å². The number of nitrogens with zero attached hydrogens (tertiary/aromatic N) is 1. The minimum absolute atomic E-state index is 0.0491. The summed E-state index contributed by atoms with van der Waals surface area (Å²) in [5, 5.41) is 12.1. The Hall–Kier alpha value is -2.21. The summed E-state index contributed by atoms with van der Waals surface area (Å²) in [6.45, 7) is 2.20. The Morgan fingerprint density at radius 2 is 2.00 bits per heavy atom. The van der Waals surface area contributed by atoms with Gasteiger partial charge in [0.2, 0.25) is 0 Å². The van der Waals surface area contributed by atoms with Crippen LogP contribution in [0.1, 0.15) is 27.5 Å². The molecule has 0 atom stereocenters. The van der Waals surface area contributed by atoms with Gasteiger partial charge in [-0.2, -0.15) is 0 Å². The predicted octanol–water partition coefficient (Wildman–Crippen LogP) is 2.71. The molecule has 0 saturated carbocycles. The molecule has 0 saturated heterocycles. The minimum atomic E-state index is -0.858. The minimum Gasteiger partial charge on any atom is -0.481 e.